The summed E-state index contributed by atoms with van der Waals surface area (Å²) >= 11 is 0. The van der Waals surface area contributed by atoms with Crippen molar-refractivity contribution in [2.45, 2.75) is 169 Å². The number of carbonyl (C=O) groups is 1. The largest absolute Gasteiger partial charge is 0.495 e. The Hall–Kier alpha value is -6.78. The maximum absolute atomic E-state index is 12.4. The number of likely N-dealkylation sites (tertiary alicyclic amines) is 2. The van der Waals surface area contributed by atoms with E-state index in [0.29, 0.717) is 41.9 Å². The third-order valence-electron chi connectivity index (χ3n) is 19.2. The number of amides is 1. The van der Waals surface area contributed by atoms with Gasteiger partial charge in [-0.3, -0.25) is 35.1 Å². The van der Waals surface area contributed by atoms with Gasteiger partial charge in [-0.2, -0.15) is 13.2 Å². The molecule has 4 aromatic rings. The van der Waals surface area contributed by atoms with E-state index in [0.717, 1.165) is 80.5 Å². The van der Waals surface area contributed by atoms with Crippen LogP contribution in [0.1, 0.15) is 164 Å². The highest BCUT2D eigenvalue weighted by atomic mass is 19.4. The van der Waals surface area contributed by atoms with Gasteiger partial charge in [0.15, 0.2) is 17.2 Å². The topological polar surface area (TPSA) is 254 Å². The number of ether oxygens (including phenoxy) is 4. The van der Waals surface area contributed by atoms with Crippen molar-refractivity contribution in [2.75, 3.05) is 86.5 Å². The molecule has 10 rings (SSSR count). The molecule has 86 heavy (non-hydrogen) atoms. The average Bonchev–Trinajstić information content (AvgIpc) is 4.36. The summed E-state index contributed by atoms with van der Waals surface area (Å²) in [5.41, 5.74) is 16.3. The van der Waals surface area contributed by atoms with Crippen LogP contribution in [0.15, 0.2) is 72.8 Å². The number of nitro benzene ring substituents is 3. The van der Waals surface area contributed by atoms with Gasteiger partial charge < -0.3 is 45.5 Å². The summed E-state index contributed by atoms with van der Waals surface area (Å²) in [4.78, 5) is 48.6. The van der Waals surface area contributed by atoms with Gasteiger partial charge in [0.2, 0.25) is 0 Å². The SMILES string of the molecule is COc1ccc(C2(CN)CCCC2)cc1[N+](=O)[O-].COc1ccc(C2(CN3CCCCC3)CCCC2)cc1N.COc1ccc(C2(CN3CCCCC3)CCCC2)cc1[N+](=O)[O-].COc1ccc(C2(CNC(=O)C(F)(F)F)CCCC2)cc1[N+](=O)[O-]. The van der Waals surface area contributed by atoms with E-state index in [9.17, 15) is 48.3 Å². The molecule has 0 unspecified atom stereocenters. The number of nitrogens with zero attached hydrogens (tertiary/aromatic N) is 5. The van der Waals surface area contributed by atoms with Gasteiger partial charge in [0.25, 0.3) is 0 Å². The second-order valence-electron chi connectivity index (χ2n) is 24.4. The van der Waals surface area contributed by atoms with Gasteiger partial charge in [-0.25, -0.2) is 0 Å². The standard InChI is InChI=1S/C18H26N2O3.C18H28N2O.C15H17F3N2O4.C13H18N2O3/c1-23-17-8-7-15(13-16(17)20(21)22)18(9-3-4-10-18)14-19-11-5-2-6-12-19;1-21-17-8-7-15(13-16(17)19)18(9-3-4-10-18)14-20-11-5-2-6-12-20;1-24-12-5-4-10(8-11(12)20(22)23)14(6-2-3-7-14)9-19-13(21)15(16,17)18;1-18-12-5-4-10(8-11(12)15(16)17)13(9-14)6-2-3-7-13/h7-8,13H,2-6,9-12,14H2,1H3;7-8,13H,2-6,9-12,14,19H2,1H3;4-5,8H,2-3,6-7,9H2,1H3,(H,19,21);4-5,8H,2-3,6-7,9,14H2,1H3. The average molecular weight is 1200 g/mol. The molecule has 2 heterocycles. The van der Waals surface area contributed by atoms with Crippen LogP contribution in [0.3, 0.4) is 0 Å². The summed E-state index contributed by atoms with van der Waals surface area (Å²) in [5.74, 6) is -0.475. The Morgan fingerprint density at radius 1 is 0.488 bits per heavy atom. The summed E-state index contributed by atoms with van der Waals surface area (Å²) in [6.45, 7) is 7.45. The van der Waals surface area contributed by atoms with Crippen LogP contribution < -0.4 is 35.7 Å². The molecule has 5 N–H and O–H groups in total. The molecule has 472 valence electrons. The monoisotopic (exact) mass is 1200 g/mol. The number of carbonyl (C=O) groups excluding carboxylic acids is 1. The molecule has 4 aliphatic carbocycles. The molecule has 0 bridgehead atoms. The van der Waals surface area contributed by atoms with Gasteiger partial charge in [0.1, 0.15) is 5.75 Å². The van der Waals surface area contributed by atoms with Crippen molar-refractivity contribution in [3.8, 4) is 23.0 Å². The summed E-state index contributed by atoms with van der Waals surface area (Å²) in [7, 11) is 5.92. The first-order chi connectivity index (χ1) is 41.2. The highest BCUT2D eigenvalue weighted by Crippen LogP contribution is 2.48. The molecule has 4 aromatic carbocycles. The number of alkyl halides is 3. The Labute approximate surface area is 503 Å². The fraction of sp³-hybridized carbons (Fsp3) is 0.609. The molecule has 6 aliphatic rings. The summed E-state index contributed by atoms with van der Waals surface area (Å²) < 4.78 is 57.6. The zero-order valence-corrected chi connectivity index (χ0v) is 50.7. The fourth-order valence-corrected chi connectivity index (χ4v) is 14.5. The van der Waals surface area contributed by atoms with Crippen LogP contribution in [0.2, 0.25) is 0 Å². The number of rotatable bonds is 18. The lowest BCUT2D eigenvalue weighted by molar-refractivity contribution is -0.386. The first kappa shape index (κ1) is 66.7. The minimum absolute atomic E-state index is 0.0229. The Kier molecular flexibility index (Phi) is 23.5. The molecule has 0 radical (unpaired) electrons. The van der Waals surface area contributed by atoms with Crippen molar-refractivity contribution in [1.29, 1.82) is 0 Å². The zero-order valence-electron chi connectivity index (χ0n) is 50.7. The number of anilines is 1. The van der Waals surface area contributed by atoms with Gasteiger partial charge in [0, 0.05) is 66.0 Å². The predicted octanol–water partition coefficient (Wildman–Crippen LogP) is 12.9. The molecule has 22 heteroatoms. The Morgan fingerprint density at radius 3 is 1.10 bits per heavy atom. The van der Waals surface area contributed by atoms with Crippen molar-refractivity contribution in [3.63, 3.8) is 0 Å². The van der Waals surface area contributed by atoms with Crippen molar-refractivity contribution in [1.82, 2.24) is 15.1 Å². The smallest absolute Gasteiger partial charge is 0.471 e. The summed E-state index contributed by atoms with van der Waals surface area (Å²) in [5, 5.41) is 35.5. The van der Waals surface area contributed by atoms with E-state index in [1.54, 1.807) is 37.4 Å². The van der Waals surface area contributed by atoms with E-state index >= 15 is 0 Å². The van der Waals surface area contributed by atoms with E-state index in [4.69, 9.17) is 30.4 Å². The molecule has 4 saturated carbocycles. The molecule has 0 spiro atoms. The number of nitrogens with two attached hydrogens (primary N) is 2. The third-order valence-corrected chi connectivity index (χ3v) is 19.2. The predicted molar refractivity (Wildman–Crippen MR) is 326 cm³/mol. The second kappa shape index (κ2) is 30.2. The van der Waals surface area contributed by atoms with Gasteiger partial charge in [-0.15, -0.1) is 0 Å². The lowest BCUT2D eigenvalue weighted by Gasteiger charge is -2.38. The van der Waals surface area contributed by atoms with Gasteiger partial charge >= 0.3 is 29.1 Å². The minimum atomic E-state index is -4.95. The van der Waals surface area contributed by atoms with Crippen molar-refractivity contribution in [2.24, 2.45) is 5.73 Å². The molecule has 0 atom stereocenters. The van der Waals surface area contributed by atoms with Crippen LogP contribution in [0, 0.1) is 30.3 Å². The number of hydrogen-bond donors (Lipinski definition) is 3. The lowest BCUT2D eigenvalue weighted by Crippen LogP contribution is -2.44. The van der Waals surface area contributed by atoms with Crippen LogP contribution in [0.4, 0.5) is 35.9 Å². The third kappa shape index (κ3) is 16.2. The Balaban J connectivity index is 0.000000165. The number of nitro groups is 3. The highest BCUT2D eigenvalue weighted by molar-refractivity contribution is 5.81. The summed E-state index contributed by atoms with van der Waals surface area (Å²) in [6.07, 6.45) is 20.0. The first-order valence-corrected chi connectivity index (χ1v) is 30.6. The van der Waals surface area contributed by atoms with E-state index in [1.807, 2.05) is 23.5 Å². The quantitative estimate of drug-likeness (QED) is 0.0476. The molecule has 6 fully saturated rings. The fourth-order valence-electron chi connectivity index (χ4n) is 14.5. The second-order valence-corrected chi connectivity index (χ2v) is 24.4. The molecule has 2 saturated heterocycles. The molecular formula is C64H89F3N8O11. The number of nitrogen functional groups attached to an aromatic ring is 1. The van der Waals surface area contributed by atoms with Crippen LogP contribution in [-0.2, 0) is 26.5 Å². The van der Waals surface area contributed by atoms with Crippen molar-refractivity contribution >= 4 is 28.7 Å². The van der Waals surface area contributed by atoms with E-state index in [-0.39, 0.29) is 45.1 Å². The van der Waals surface area contributed by atoms with Crippen LogP contribution in [0.25, 0.3) is 0 Å². The molecule has 19 nitrogen and oxygen atoms in total. The van der Waals surface area contributed by atoms with Crippen molar-refractivity contribution in [3.05, 3.63) is 125 Å². The van der Waals surface area contributed by atoms with Crippen LogP contribution in [-0.4, -0.2) is 117 Å². The molecule has 1 amide bonds. The Morgan fingerprint density at radius 2 is 0.791 bits per heavy atom. The maximum atomic E-state index is 12.4. The number of methoxy groups -OCH3 is 4. The number of nitrogens with one attached hydrogen (secondary N) is 1. The Bertz CT molecular complexity index is 2910. The maximum Gasteiger partial charge on any atom is 0.471 e. The highest BCUT2D eigenvalue weighted by Gasteiger charge is 2.44. The molecule has 0 aromatic heterocycles. The summed E-state index contributed by atoms with van der Waals surface area (Å²) in [6, 6.07) is 21.6. The van der Waals surface area contributed by atoms with Gasteiger partial charge in [0.05, 0.1) is 48.9 Å². The molecular weight excluding hydrogens is 1110 g/mol. The molecule has 2 aliphatic heterocycles. The van der Waals surface area contributed by atoms with Crippen LogP contribution >= 0.6 is 0 Å². The van der Waals surface area contributed by atoms with Crippen molar-refractivity contribution < 1.29 is 51.7 Å². The minimum Gasteiger partial charge on any atom is -0.495 e. The number of hydrogen-bond acceptors (Lipinski definition) is 15. The number of benzene rings is 4. The number of piperidine rings is 2. The van der Waals surface area contributed by atoms with E-state index < -0.39 is 27.3 Å². The van der Waals surface area contributed by atoms with E-state index in [1.165, 1.54) is 149 Å². The van der Waals surface area contributed by atoms with E-state index in [2.05, 4.69) is 21.9 Å². The van der Waals surface area contributed by atoms with Crippen LogP contribution in [0.5, 0.6) is 23.0 Å². The lowest BCUT2D eigenvalue weighted by atomic mass is 9.77. The first-order valence-electron chi connectivity index (χ1n) is 30.6. The van der Waals surface area contributed by atoms with Gasteiger partial charge in [-0.1, -0.05) is 88.5 Å². The normalized spacial score (nSPS) is 19.5. The van der Waals surface area contributed by atoms with Gasteiger partial charge in [-0.05, 0) is 156 Å². The number of halogens is 3. The zero-order chi connectivity index (χ0) is 62.1.